The van der Waals surface area contributed by atoms with Gasteiger partial charge in [0.2, 0.25) is 5.91 Å². The fraction of sp³-hybridized carbons (Fsp3) is 0.562. The number of rotatable bonds is 4. The molecule has 0 bridgehead atoms. The average molecular weight is 245 g/mol. The van der Waals surface area contributed by atoms with E-state index in [0.717, 1.165) is 6.42 Å². The Morgan fingerprint density at radius 1 is 1.17 bits per heavy atom. The molecule has 0 spiro atoms. The van der Waals surface area contributed by atoms with E-state index in [9.17, 15) is 4.79 Å². The van der Waals surface area contributed by atoms with Crippen molar-refractivity contribution in [3.8, 4) is 0 Å². The summed E-state index contributed by atoms with van der Waals surface area (Å²) >= 11 is 0. The van der Waals surface area contributed by atoms with Crippen LogP contribution in [0.4, 0.5) is 0 Å². The Balaban J connectivity index is 1.96. The summed E-state index contributed by atoms with van der Waals surface area (Å²) in [5, 5.41) is 3.10. The summed E-state index contributed by atoms with van der Waals surface area (Å²) in [4.78, 5) is 11.9. The zero-order chi connectivity index (χ0) is 13.3. The topological polar surface area (TPSA) is 29.1 Å². The van der Waals surface area contributed by atoms with Crippen LogP contribution in [-0.2, 0) is 4.79 Å². The molecular formula is C16H23NO. The summed E-state index contributed by atoms with van der Waals surface area (Å²) in [6.45, 7) is 8.56. The van der Waals surface area contributed by atoms with Crippen LogP contribution in [0.2, 0.25) is 0 Å². The monoisotopic (exact) mass is 245 g/mol. The average Bonchev–Trinajstić information content (AvgIpc) is 3.06. The molecule has 2 nitrogen and oxygen atoms in total. The van der Waals surface area contributed by atoms with Crippen molar-refractivity contribution in [2.24, 2.45) is 11.8 Å². The van der Waals surface area contributed by atoms with Crippen LogP contribution in [0.3, 0.4) is 0 Å². The van der Waals surface area contributed by atoms with Gasteiger partial charge in [0.15, 0.2) is 0 Å². The number of nitrogens with one attached hydrogen (secondary N) is 1. The third-order valence-corrected chi connectivity index (χ3v) is 3.91. The third kappa shape index (κ3) is 2.92. The standard InChI is InChI=1S/C16H23NO/c1-10(2)13-5-7-14(8-6-13)12(4)17-16(18)15-9-11(15)3/h5-8,10-12,15H,9H2,1-4H3,(H,17,18)/t11-,12+,15+/m1/s1. The fourth-order valence-corrected chi connectivity index (χ4v) is 2.26. The van der Waals surface area contributed by atoms with Gasteiger partial charge in [-0.25, -0.2) is 0 Å². The molecule has 1 fully saturated rings. The van der Waals surface area contributed by atoms with Crippen molar-refractivity contribution in [3.05, 3.63) is 35.4 Å². The SMILES string of the molecule is CC(C)c1ccc([C@H](C)NC(=O)[C@H]2C[C@H]2C)cc1. The van der Waals surface area contributed by atoms with Crippen molar-refractivity contribution in [1.29, 1.82) is 0 Å². The van der Waals surface area contributed by atoms with Crippen LogP contribution in [0.15, 0.2) is 24.3 Å². The largest absolute Gasteiger partial charge is 0.349 e. The number of carbonyl (C=O) groups excluding carboxylic acids is 1. The highest BCUT2D eigenvalue weighted by Crippen LogP contribution is 2.38. The van der Waals surface area contributed by atoms with Gasteiger partial charge < -0.3 is 5.32 Å². The third-order valence-electron chi connectivity index (χ3n) is 3.91. The van der Waals surface area contributed by atoms with E-state index in [4.69, 9.17) is 0 Å². The van der Waals surface area contributed by atoms with Crippen LogP contribution in [0.25, 0.3) is 0 Å². The summed E-state index contributed by atoms with van der Waals surface area (Å²) in [7, 11) is 0. The molecule has 1 aliphatic rings. The number of carbonyl (C=O) groups is 1. The normalized spacial score (nSPS) is 23.8. The molecule has 0 saturated heterocycles. The summed E-state index contributed by atoms with van der Waals surface area (Å²) < 4.78 is 0. The van der Waals surface area contributed by atoms with E-state index in [1.807, 2.05) is 0 Å². The molecule has 98 valence electrons. The van der Waals surface area contributed by atoms with Gasteiger partial charge in [-0.2, -0.15) is 0 Å². The van der Waals surface area contributed by atoms with Crippen LogP contribution in [-0.4, -0.2) is 5.91 Å². The van der Waals surface area contributed by atoms with Gasteiger partial charge in [0.1, 0.15) is 0 Å². The Morgan fingerprint density at radius 3 is 2.11 bits per heavy atom. The second kappa shape index (κ2) is 5.13. The molecule has 0 radical (unpaired) electrons. The van der Waals surface area contributed by atoms with Crippen LogP contribution in [0.1, 0.15) is 57.2 Å². The van der Waals surface area contributed by atoms with Gasteiger partial charge in [0.05, 0.1) is 6.04 Å². The highest BCUT2D eigenvalue weighted by Gasteiger charge is 2.39. The van der Waals surface area contributed by atoms with Crippen molar-refractivity contribution in [1.82, 2.24) is 5.32 Å². The van der Waals surface area contributed by atoms with Gasteiger partial charge in [-0.1, -0.05) is 45.0 Å². The number of amides is 1. The van der Waals surface area contributed by atoms with Crippen molar-refractivity contribution in [2.75, 3.05) is 0 Å². The van der Waals surface area contributed by atoms with E-state index in [1.165, 1.54) is 11.1 Å². The highest BCUT2D eigenvalue weighted by atomic mass is 16.2. The van der Waals surface area contributed by atoms with E-state index in [-0.39, 0.29) is 17.9 Å². The Kier molecular flexibility index (Phi) is 3.74. The van der Waals surface area contributed by atoms with Crippen molar-refractivity contribution in [3.63, 3.8) is 0 Å². The summed E-state index contributed by atoms with van der Waals surface area (Å²) in [5.74, 6) is 1.59. The van der Waals surface area contributed by atoms with Crippen molar-refractivity contribution in [2.45, 2.75) is 46.1 Å². The quantitative estimate of drug-likeness (QED) is 0.862. The van der Waals surface area contributed by atoms with Crippen molar-refractivity contribution < 1.29 is 4.79 Å². The van der Waals surface area contributed by atoms with Gasteiger partial charge in [0.25, 0.3) is 0 Å². The maximum atomic E-state index is 11.9. The lowest BCUT2D eigenvalue weighted by molar-refractivity contribution is -0.123. The molecular weight excluding hydrogens is 222 g/mol. The summed E-state index contributed by atoms with van der Waals surface area (Å²) in [6, 6.07) is 8.66. The predicted molar refractivity (Wildman–Crippen MR) is 74.4 cm³/mol. The number of benzene rings is 1. The Morgan fingerprint density at radius 2 is 1.67 bits per heavy atom. The van der Waals surface area contributed by atoms with E-state index < -0.39 is 0 Å². The first-order chi connectivity index (χ1) is 8.49. The minimum atomic E-state index is 0.103. The lowest BCUT2D eigenvalue weighted by atomic mass is 9.99. The van der Waals surface area contributed by atoms with Crippen LogP contribution < -0.4 is 5.32 Å². The maximum absolute atomic E-state index is 11.9. The molecule has 1 saturated carbocycles. The smallest absolute Gasteiger partial charge is 0.223 e. The molecule has 2 heteroatoms. The second-order valence-electron chi connectivity index (χ2n) is 5.87. The molecule has 0 aromatic heterocycles. The lowest BCUT2D eigenvalue weighted by Gasteiger charge is -2.15. The van der Waals surface area contributed by atoms with Crippen molar-refractivity contribution >= 4 is 5.91 Å². The minimum Gasteiger partial charge on any atom is -0.349 e. The second-order valence-corrected chi connectivity index (χ2v) is 5.87. The first kappa shape index (κ1) is 13.1. The molecule has 18 heavy (non-hydrogen) atoms. The van der Waals surface area contributed by atoms with Gasteiger partial charge in [0, 0.05) is 5.92 Å². The molecule has 0 aliphatic heterocycles. The van der Waals surface area contributed by atoms with E-state index in [1.54, 1.807) is 0 Å². The number of hydrogen-bond donors (Lipinski definition) is 1. The van der Waals surface area contributed by atoms with Crippen LogP contribution in [0.5, 0.6) is 0 Å². The van der Waals surface area contributed by atoms with Gasteiger partial charge in [-0.05, 0) is 36.3 Å². The molecule has 1 N–H and O–H groups in total. The first-order valence-corrected chi connectivity index (χ1v) is 6.89. The fourth-order valence-electron chi connectivity index (χ4n) is 2.26. The Hall–Kier alpha value is -1.31. The minimum absolute atomic E-state index is 0.103. The Labute approximate surface area is 110 Å². The zero-order valence-corrected chi connectivity index (χ0v) is 11.7. The number of hydrogen-bond acceptors (Lipinski definition) is 1. The van der Waals surface area contributed by atoms with E-state index >= 15 is 0 Å². The summed E-state index contributed by atoms with van der Waals surface area (Å²) in [5.41, 5.74) is 2.52. The molecule has 1 aromatic carbocycles. The zero-order valence-electron chi connectivity index (χ0n) is 11.7. The van der Waals surface area contributed by atoms with E-state index in [0.29, 0.717) is 11.8 Å². The molecule has 3 atom stereocenters. The molecule has 1 aliphatic carbocycles. The van der Waals surface area contributed by atoms with Crippen LogP contribution >= 0.6 is 0 Å². The Bertz CT molecular complexity index is 421. The first-order valence-electron chi connectivity index (χ1n) is 6.89. The molecule has 0 unspecified atom stereocenters. The molecule has 2 rings (SSSR count). The predicted octanol–water partition coefficient (Wildman–Crippen LogP) is 3.64. The maximum Gasteiger partial charge on any atom is 0.223 e. The molecule has 0 heterocycles. The highest BCUT2D eigenvalue weighted by molar-refractivity contribution is 5.81. The van der Waals surface area contributed by atoms with Gasteiger partial charge in [-0.3, -0.25) is 4.79 Å². The summed E-state index contributed by atoms with van der Waals surface area (Å²) in [6.07, 6.45) is 1.05. The molecule has 1 aromatic rings. The van der Waals surface area contributed by atoms with Crippen LogP contribution in [0, 0.1) is 11.8 Å². The lowest BCUT2D eigenvalue weighted by Crippen LogP contribution is -2.28. The molecule has 1 amide bonds. The van der Waals surface area contributed by atoms with Gasteiger partial charge >= 0.3 is 0 Å². The van der Waals surface area contributed by atoms with E-state index in [2.05, 4.69) is 57.3 Å². The van der Waals surface area contributed by atoms with Gasteiger partial charge in [-0.15, -0.1) is 0 Å².